The summed E-state index contributed by atoms with van der Waals surface area (Å²) in [6.07, 6.45) is 5.08. The summed E-state index contributed by atoms with van der Waals surface area (Å²) in [4.78, 5) is 51.2. The molecule has 416 valence electrons. The van der Waals surface area contributed by atoms with Gasteiger partial charge in [0.25, 0.3) is 0 Å². The van der Waals surface area contributed by atoms with E-state index in [2.05, 4.69) is 97.1 Å². The molecule has 0 N–H and O–H groups in total. The Bertz CT molecular complexity index is 3090. The largest absolute Gasteiger partial charge is 0.459 e. The van der Waals surface area contributed by atoms with Crippen LogP contribution in [0.4, 0.5) is 0 Å². The van der Waals surface area contributed by atoms with Crippen molar-refractivity contribution in [2.24, 2.45) is 0 Å². The van der Waals surface area contributed by atoms with E-state index in [1.165, 1.54) is 22.3 Å². The predicted octanol–water partition coefficient (Wildman–Crippen LogP) is 17.0. The summed E-state index contributed by atoms with van der Waals surface area (Å²) in [5.41, 5.74) is 15.0. The van der Waals surface area contributed by atoms with Gasteiger partial charge in [-0.3, -0.25) is 0 Å². The fourth-order valence-corrected chi connectivity index (χ4v) is 14.2. The molecule has 82 heavy (non-hydrogen) atoms. The van der Waals surface area contributed by atoms with Crippen molar-refractivity contribution in [1.29, 1.82) is 0 Å². The second kappa shape index (κ2) is 22.2. The van der Waals surface area contributed by atoms with Crippen LogP contribution >= 0.6 is 0 Å². The number of hydrogen-bond acceptors (Lipinski definition) is 8. The summed E-state index contributed by atoms with van der Waals surface area (Å²) >= 11 is 0. The maximum absolute atomic E-state index is 12.8. The van der Waals surface area contributed by atoms with Crippen LogP contribution in [-0.2, 0) is 40.6 Å². The highest BCUT2D eigenvalue weighted by atomic mass is 16.6. The molecule has 0 radical (unpaired) electrons. The quantitative estimate of drug-likeness (QED) is 0.0696. The molecule has 4 fully saturated rings. The van der Waals surface area contributed by atoms with E-state index in [9.17, 15) is 19.2 Å². The highest BCUT2D eigenvalue weighted by molar-refractivity contribution is 5.92. The standard InChI is InChI=1S/C74H72O8/c1-47(2)79-67(75)59-17-9-51(10-18-59)55-25-33-63(34-26-55)71-41-72(64-35-27-56(28-36-64)52-11-19-60(20-12-52)68(76)80-48(3)4)44-73(42-71,65-37-29-57(30-38-65)53-13-21-61(22-14-53)69(77)81-49(5)6)46-74(43-71,45-72)66-39-31-58(32-40-66)54-15-23-62(24-16-54)70(78)82-50(7)8/h9-40,47-50H,41-46H2,1-8H3. The maximum Gasteiger partial charge on any atom is 0.338 e. The third-order valence-corrected chi connectivity index (χ3v) is 17.2. The summed E-state index contributed by atoms with van der Waals surface area (Å²) in [6, 6.07) is 67.9. The lowest BCUT2D eigenvalue weighted by molar-refractivity contribution is -0.0691. The molecule has 0 unspecified atom stereocenters. The van der Waals surface area contributed by atoms with Crippen LogP contribution in [0.2, 0.25) is 0 Å². The zero-order chi connectivity index (χ0) is 57.6. The number of ether oxygens (including phenoxy) is 4. The minimum absolute atomic E-state index is 0.201. The number of rotatable bonds is 16. The zero-order valence-electron chi connectivity index (χ0n) is 48.3. The van der Waals surface area contributed by atoms with Crippen molar-refractivity contribution in [3.8, 4) is 44.5 Å². The Morgan fingerprint density at radius 3 is 0.512 bits per heavy atom. The normalized spacial score (nSPS) is 20.7. The van der Waals surface area contributed by atoms with Crippen molar-refractivity contribution in [1.82, 2.24) is 0 Å². The minimum atomic E-state index is -0.326. The summed E-state index contributed by atoms with van der Waals surface area (Å²) in [5, 5.41) is 0. The Morgan fingerprint density at radius 2 is 0.378 bits per heavy atom. The highest BCUT2D eigenvalue weighted by Crippen LogP contribution is 2.75. The molecule has 0 heterocycles. The Labute approximate surface area is 482 Å². The highest BCUT2D eigenvalue weighted by Gasteiger charge is 2.69. The number of carbonyl (C=O) groups is 4. The fraction of sp³-hybridized carbons (Fsp3) is 0.297. The predicted molar refractivity (Wildman–Crippen MR) is 324 cm³/mol. The van der Waals surface area contributed by atoms with Crippen LogP contribution in [-0.4, -0.2) is 48.3 Å². The SMILES string of the molecule is CC(C)OC(=O)c1ccc(-c2ccc(C34CC5(c6ccc(-c7ccc(C(=O)OC(C)C)cc7)cc6)CC(c6ccc(-c7ccc(C(=O)OC(C)C)cc7)cc6)(C3)CC(c3ccc(-c6ccc(C(=O)OC(C)C)cc6)cc3)(C4)C5)cc2)cc1. The zero-order valence-corrected chi connectivity index (χ0v) is 48.3. The van der Waals surface area contributed by atoms with Gasteiger partial charge in [0.2, 0.25) is 0 Å². The molecule has 4 aliphatic carbocycles. The lowest BCUT2D eigenvalue weighted by Gasteiger charge is -2.71. The van der Waals surface area contributed by atoms with Crippen LogP contribution in [0.5, 0.6) is 0 Å². The minimum Gasteiger partial charge on any atom is -0.459 e. The van der Waals surface area contributed by atoms with Crippen LogP contribution in [0.15, 0.2) is 194 Å². The molecule has 8 nitrogen and oxygen atoms in total. The van der Waals surface area contributed by atoms with E-state index in [0.29, 0.717) is 22.3 Å². The first kappa shape index (κ1) is 55.5. The first-order valence-electron chi connectivity index (χ1n) is 29.0. The van der Waals surface area contributed by atoms with Crippen LogP contribution in [0, 0.1) is 0 Å². The Morgan fingerprint density at radius 1 is 0.244 bits per heavy atom. The van der Waals surface area contributed by atoms with E-state index in [1.54, 1.807) is 0 Å². The topological polar surface area (TPSA) is 105 Å². The number of esters is 4. The first-order valence-corrected chi connectivity index (χ1v) is 29.0. The van der Waals surface area contributed by atoms with Gasteiger partial charge in [0.05, 0.1) is 46.7 Å². The second-order valence-corrected chi connectivity index (χ2v) is 24.6. The van der Waals surface area contributed by atoms with Gasteiger partial charge in [-0.05, 0) is 231 Å². The third-order valence-electron chi connectivity index (χ3n) is 17.2. The Hall–Kier alpha value is -8.36. The molecule has 0 spiro atoms. The molecule has 0 aromatic heterocycles. The van der Waals surface area contributed by atoms with E-state index in [4.69, 9.17) is 18.9 Å². The summed E-state index contributed by atoms with van der Waals surface area (Å²) in [6.45, 7) is 14.9. The van der Waals surface area contributed by atoms with Gasteiger partial charge in [-0.25, -0.2) is 19.2 Å². The molecular formula is C74H72O8. The van der Waals surface area contributed by atoms with E-state index in [0.717, 1.165) is 83.0 Å². The van der Waals surface area contributed by atoms with Crippen molar-refractivity contribution in [2.45, 2.75) is 140 Å². The molecule has 8 heteroatoms. The molecule has 8 aromatic carbocycles. The summed E-state index contributed by atoms with van der Waals surface area (Å²) < 4.78 is 22.0. The smallest absolute Gasteiger partial charge is 0.338 e. The van der Waals surface area contributed by atoms with Crippen molar-refractivity contribution < 1.29 is 38.1 Å². The summed E-state index contributed by atoms with van der Waals surface area (Å²) in [5.74, 6) is -1.31. The van der Waals surface area contributed by atoms with Gasteiger partial charge in [-0.2, -0.15) is 0 Å². The maximum atomic E-state index is 12.8. The molecule has 0 atom stereocenters. The molecule has 0 aliphatic heterocycles. The molecule has 4 aliphatic rings. The van der Waals surface area contributed by atoms with Gasteiger partial charge in [0.1, 0.15) is 0 Å². The van der Waals surface area contributed by atoms with Gasteiger partial charge in [-0.1, -0.05) is 146 Å². The van der Waals surface area contributed by atoms with Gasteiger partial charge in [0.15, 0.2) is 0 Å². The Kier molecular flexibility index (Phi) is 15.0. The fourth-order valence-electron chi connectivity index (χ4n) is 14.2. The van der Waals surface area contributed by atoms with Gasteiger partial charge in [-0.15, -0.1) is 0 Å². The van der Waals surface area contributed by atoms with Gasteiger partial charge >= 0.3 is 23.9 Å². The number of benzene rings is 8. The second-order valence-electron chi connectivity index (χ2n) is 24.6. The van der Waals surface area contributed by atoms with Crippen molar-refractivity contribution in [3.63, 3.8) is 0 Å². The van der Waals surface area contributed by atoms with Crippen molar-refractivity contribution in [2.75, 3.05) is 0 Å². The van der Waals surface area contributed by atoms with E-state index in [-0.39, 0.29) is 70.0 Å². The van der Waals surface area contributed by atoms with Crippen LogP contribution in [0.1, 0.15) is 158 Å². The van der Waals surface area contributed by atoms with Crippen molar-refractivity contribution >= 4 is 23.9 Å². The molecule has 4 saturated carbocycles. The monoisotopic (exact) mass is 1090 g/mol. The molecular weight excluding hydrogens is 1020 g/mol. The Balaban J connectivity index is 1.02. The number of hydrogen-bond donors (Lipinski definition) is 0. The first-order chi connectivity index (χ1) is 39.3. The third kappa shape index (κ3) is 11.1. The molecule has 8 aromatic rings. The lowest BCUT2D eigenvalue weighted by Crippen LogP contribution is -2.67. The summed E-state index contributed by atoms with van der Waals surface area (Å²) in [7, 11) is 0. The van der Waals surface area contributed by atoms with E-state index in [1.807, 2.05) is 152 Å². The van der Waals surface area contributed by atoms with Crippen LogP contribution in [0.3, 0.4) is 0 Å². The molecule has 12 rings (SSSR count). The molecule has 0 saturated heterocycles. The average Bonchev–Trinajstić information content (AvgIpc) is 2.04. The number of carbonyl (C=O) groups excluding carboxylic acids is 4. The molecule has 0 amide bonds. The molecule has 4 bridgehead atoms. The van der Waals surface area contributed by atoms with Crippen molar-refractivity contribution in [3.05, 3.63) is 239 Å². The van der Waals surface area contributed by atoms with Crippen LogP contribution < -0.4 is 0 Å². The lowest BCUT2D eigenvalue weighted by atomic mass is 9.32. The van der Waals surface area contributed by atoms with Gasteiger partial charge < -0.3 is 18.9 Å². The van der Waals surface area contributed by atoms with Crippen LogP contribution in [0.25, 0.3) is 44.5 Å². The van der Waals surface area contributed by atoms with E-state index >= 15 is 0 Å². The van der Waals surface area contributed by atoms with E-state index < -0.39 is 0 Å². The average molecular weight is 1090 g/mol. The van der Waals surface area contributed by atoms with Gasteiger partial charge in [0, 0.05) is 0 Å².